The van der Waals surface area contributed by atoms with Gasteiger partial charge in [0.15, 0.2) is 11.6 Å². The molecule has 0 bridgehead atoms. The number of pyridine rings is 1. The van der Waals surface area contributed by atoms with Crippen LogP contribution in [-0.4, -0.2) is 20.5 Å². The minimum atomic E-state index is -2.68. The van der Waals surface area contributed by atoms with Gasteiger partial charge in [-0.2, -0.15) is 5.10 Å². The van der Waals surface area contributed by atoms with Gasteiger partial charge in [-0.05, 0) is 31.5 Å². The Morgan fingerprint density at radius 1 is 1.45 bits per heavy atom. The lowest BCUT2D eigenvalue weighted by molar-refractivity contribution is 0.101. The van der Waals surface area contributed by atoms with Crippen molar-refractivity contribution < 1.29 is 13.6 Å². The number of carbonyl (C=O) groups excluding carboxylic acids is 1. The van der Waals surface area contributed by atoms with Crippen molar-refractivity contribution >= 4 is 17.4 Å². The van der Waals surface area contributed by atoms with E-state index < -0.39 is 6.43 Å². The van der Waals surface area contributed by atoms with Crippen molar-refractivity contribution in [3.8, 4) is 5.82 Å². The Kier molecular flexibility index (Phi) is 4.13. The molecule has 2 aromatic heterocycles. The first kappa shape index (κ1) is 14.6. The molecule has 0 atom stereocenters. The summed E-state index contributed by atoms with van der Waals surface area (Å²) >= 11 is 5.82. The fourth-order valence-corrected chi connectivity index (χ4v) is 1.99. The molecule has 0 saturated heterocycles. The molecule has 0 aliphatic carbocycles. The molecule has 0 unspecified atom stereocenters. The van der Waals surface area contributed by atoms with Gasteiger partial charge in [0, 0.05) is 5.69 Å². The van der Waals surface area contributed by atoms with E-state index in [4.69, 9.17) is 11.6 Å². The molecule has 2 heterocycles. The lowest BCUT2D eigenvalue weighted by atomic mass is 10.2. The molecular weight excluding hydrogens is 288 g/mol. The second-order valence-corrected chi connectivity index (χ2v) is 4.58. The SMILES string of the molecule is CCc1cc(C(F)F)nn1-c1nc(Cl)ccc1C(C)=O. The summed E-state index contributed by atoms with van der Waals surface area (Å²) < 4.78 is 26.8. The maximum atomic E-state index is 12.8. The highest BCUT2D eigenvalue weighted by molar-refractivity contribution is 6.29. The van der Waals surface area contributed by atoms with Crippen LogP contribution >= 0.6 is 11.6 Å². The molecule has 2 rings (SSSR count). The second kappa shape index (κ2) is 5.66. The summed E-state index contributed by atoms with van der Waals surface area (Å²) in [5, 5.41) is 4.00. The van der Waals surface area contributed by atoms with Gasteiger partial charge in [0.25, 0.3) is 6.43 Å². The van der Waals surface area contributed by atoms with Crippen LogP contribution in [0.5, 0.6) is 0 Å². The Morgan fingerprint density at radius 3 is 2.70 bits per heavy atom. The summed E-state index contributed by atoms with van der Waals surface area (Å²) in [5.41, 5.74) is 0.476. The number of aryl methyl sites for hydroxylation is 1. The molecular formula is C13H12ClF2N3O. The summed E-state index contributed by atoms with van der Waals surface area (Å²) in [4.78, 5) is 15.7. The van der Waals surface area contributed by atoms with E-state index >= 15 is 0 Å². The average molecular weight is 300 g/mol. The van der Waals surface area contributed by atoms with E-state index in [1.54, 1.807) is 6.92 Å². The molecule has 0 N–H and O–H groups in total. The zero-order chi connectivity index (χ0) is 14.9. The van der Waals surface area contributed by atoms with Crippen molar-refractivity contribution in [3.63, 3.8) is 0 Å². The van der Waals surface area contributed by atoms with Gasteiger partial charge in [-0.1, -0.05) is 18.5 Å². The van der Waals surface area contributed by atoms with Crippen LogP contribution in [0.1, 0.15) is 42.0 Å². The van der Waals surface area contributed by atoms with Crippen molar-refractivity contribution in [2.75, 3.05) is 0 Å². The predicted molar refractivity (Wildman–Crippen MR) is 70.7 cm³/mol. The Labute approximate surface area is 119 Å². The number of hydrogen-bond donors (Lipinski definition) is 0. The fourth-order valence-electron chi connectivity index (χ4n) is 1.84. The highest BCUT2D eigenvalue weighted by atomic mass is 35.5. The fraction of sp³-hybridized carbons (Fsp3) is 0.308. The van der Waals surface area contributed by atoms with Gasteiger partial charge < -0.3 is 0 Å². The number of aromatic nitrogens is 3. The zero-order valence-electron chi connectivity index (χ0n) is 10.9. The second-order valence-electron chi connectivity index (χ2n) is 4.19. The first-order valence-electron chi connectivity index (χ1n) is 5.98. The van der Waals surface area contributed by atoms with Crippen LogP contribution in [0.4, 0.5) is 8.78 Å². The number of alkyl halides is 2. The third-order valence-corrected chi connectivity index (χ3v) is 3.02. The van der Waals surface area contributed by atoms with E-state index in [1.165, 1.54) is 29.8 Å². The van der Waals surface area contributed by atoms with Gasteiger partial charge in [0.05, 0.1) is 5.56 Å². The molecule has 0 aliphatic heterocycles. The molecule has 0 aromatic carbocycles. The Hall–Kier alpha value is -1.82. The Morgan fingerprint density at radius 2 is 2.15 bits per heavy atom. The van der Waals surface area contributed by atoms with E-state index in [9.17, 15) is 13.6 Å². The van der Waals surface area contributed by atoms with Crippen molar-refractivity contribution in [1.29, 1.82) is 0 Å². The monoisotopic (exact) mass is 299 g/mol. The number of carbonyl (C=O) groups is 1. The van der Waals surface area contributed by atoms with Gasteiger partial charge in [0.2, 0.25) is 0 Å². The largest absolute Gasteiger partial charge is 0.294 e. The minimum absolute atomic E-state index is 0.168. The van der Waals surface area contributed by atoms with Crippen LogP contribution < -0.4 is 0 Å². The highest BCUT2D eigenvalue weighted by Gasteiger charge is 2.19. The third kappa shape index (κ3) is 2.70. The molecule has 0 radical (unpaired) electrons. The summed E-state index contributed by atoms with van der Waals surface area (Å²) in [7, 11) is 0. The Balaban J connectivity index is 2.66. The molecule has 0 aliphatic rings. The zero-order valence-corrected chi connectivity index (χ0v) is 11.7. The van der Waals surface area contributed by atoms with Gasteiger partial charge in [0.1, 0.15) is 10.8 Å². The van der Waals surface area contributed by atoms with Crippen molar-refractivity contribution in [1.82, 2.24) is 14.8 Å². The van der Waals surface area contributed by atoms with E-state index in [0.29, 0.717) is 12.1 Å². The van der Waals surface area contributed by atoms with Crippen LogP contribution in [0, 0.1) is 0 Å². The average Bonchev–Trinajstić information content (AvgIpc) is 2.82. The van der Waals surface area contributed by atoms with E-state index in [-0.39, 0.29) is 28.0 Å². The van der Waals surface area contributed by atoms with Gasteiger partial charge in [-0.15, -0.1) is 0 Å². The number of nitrogens with zero attached hydrogens (tertiary/aromatic N) is 3. The van der Waals surface area contributed by atoms with Crippen molar-refractivity contribution in [3.05, 3.63) is 40.3 Å². The number of Topliss-reactive ketones (excluding diaryl/α,β-unsaturated/α-hetero) is 1. The standard InChI is InChI=1S/C13H12ClF2N3O/c1-3-8-6-10(12(15)16)18-19(8)13-9(7(2)20)4-5-11(14)17-13/h4-6,12H,3H2,1-2H3. The van der Waals surface area contributed by atoms with E-state index in [2.05, 4.69) is 10.1 Å². The smallest absolute Gasteiger partial charge is 0.282 e. The summed E-state index contributed by atoms with van der Waals surface area (Å²) in [6, 6.07) is 4.29. The summed E-state index contributed by atoms with van der Waals surface area (Å²) in [5.74, 6) is -0.0610. The lowest BCUT2D eigenvalue weighted by Crippen LogP contribution is -2.10. The van der Waals surface area contributed by atoms with Crippen molar-refractivity contribution in [2.24, 2.45) is 0 Å². The molecule has 7 heteroatoms. The molecule has 0 fully saturated rings. The third-order valence-electron chi connectivity index (χ3n) is 2.81. The number of halogens is 3. The normalized spacial score (nSPS) is 11.1. The van der Waals surface area contributed by atoms with Crippen LogP contribution in [0.3, 0.4) is 0 Å². The molecule has 4 nitrogen and oxygen atoms in total. The Bertz CT molecular complexity index is 655. The van der Waals surface area contributed by atoms with E-state index in [0.717, 1.165) is 0 Å². The lowest BCUT2D eigenvalue weighted by Gasteiger charge is -2.09. The maximum Gasteiger partial charge on any atom is 0.282 e. The van der Waals surface area contributed by atoms with Crippen LogP contribution in [0.25, 0.3) is 5.82 Å². The minimum Gasteiger partial charge on any atom is -0.294 e. The molecule has 0 amide bonds. The number of ketones is 1. The van der Waals surface area contributed by atoms with Crippen LogP contribution in [-0.2, 0) is 6.42 Å². The van der Waals surface area contributed by atoms with Gasteiger partial charge >= 0.3 is 0 Å². The van der Waals surface area contributed by atoms with E-state index in [1.807, 2.05) is 0 Å². The molecule has 2 aromatic rings. The summed E-state index contributed by atoms with van der Waals surface area (Å²) in [6.07, 6.45) is -2.20. The number of rotatable bonds is 4. The summed E-state index contributed by atoms with van der Waals surface area (Å²) in [6.45, 7) is 3.18. The maximum absolute atomic E-state index is 12.8. The van der Waals surface area contributed by atoms with Crippen molar-refractivity contribution in [2.45, 2.75) is 26.7 Å². The topological polar surface area (TPSA) is 47.8 Å². The quantitative estimate of drug-likeness (QED) is 0.640. The first-order chi connectivity index (χ1) is 9.43. The van der Waals surface area contributed by atoms with Gasteiger partial charge in [-0.25, -0.2) is 18.4 Å². The molecule has 106 valence electrons. The van der Waals surface area contributed by atoms with Crippen LogP contribution in [0.2, 0.25) is 5.15 Å². The molecule has 20 heavy (non-hydrogen) atoms. The predicted octanol–water partition coefficient (Wildman–Crippen LogP) is 3.62. The molecule has 0 saturated carbocycles. The first-order valence-corrected chi connectivity index (χ1v) is 6.36. The van der Waals surface area contributed by atoms with Gasteiger partial charge in [-0.3, -0.25) is 4.79 Å². The molecule has 0 spiro atoms. The number of hydrogen-bond acceptors (Lipinski definition) is 3. The van der Waals surface area contributed by atoms with Crippen LogP contribution in [0.15, 0.2) is 18.2 Å². The highest BCUT2D eigenvalue weighted by Crippen LogP contribution is 2.23.